The predicted octanol–water partition coefficient (Wildman–Crippen LogP) is 0.958. The Bertz CT molecular complexity index is 596. The topological polar surface area (TPSA) is 98.0 Å². The van der Waals surface area contributed by atoms with Crippen molar-refractivity contribution in [1.82, 2.24) is 10.9 Å². The zero-order valence-corrected chi connectivity index (χ0v) is 12.6. The van der Waals surface area contributed by atoms with Crippen LogP contribution in [0.4, 0.5) is 4.79 Å². The molecule has 114 valence electrons. The highest BCUT2D eigenvalue weighted by molar-refractivity contribution is 6.02. The van der Waals surface area contributed by atoms with Crippen LogP contribution in [0.3, 0.4) is 0 Å². The Hall–Kier alpha value is -2.44. The SMILES string of the molecule is COc1cc2c(cc1OC)C(NNC(N)=O)=NC(C)(C)C2. The lowest BCUT2D eigenvalue weighted by atomic mass is 9.88. The average molecular weight is 292 g/mol. The highest BCUT2D eigenvalue weighted by Gasteiger charge is 2.28. The molecule has 0 aromatic heterocycles. The molecule has 7 heteroatoms. The van der Waals surface area contributed by atoms with E-state index in [1.165, 1.54) is 0 Å². The van der Waals surface area contributed by atoms with Gasteiger partial charge in [0.05, 0.1) is 19.8 Å². The van der Waals surface area contributed by atoms with Crippen molar-refractivity contribution in [2.75, 3.05) is 14.2 Å². The Balaban J connectivity index is 2.47. The van der Waals surface area contributed by atoms with Crippen LogP contribution in [-0.4, -0.2) is 31.6 Å². The van der Waals surface area contributed by atoms with E-state index in [2.05, 4.69) is 15.8 Å². The second kappa shape index (κ2) is 5.51. The fourth-order valence-electron chi connectivity index (χ4n) is 2.37. The number of amidine groups is 1. The molecule has 1 aliphatic heterocycles. The highest BCUT2D eigenvalue weighted by atomic mass is 16.5. The van der Waals surface area contributed by atoms with Crippen LogP contribution in [0.1, 0.15) is 25.0 Å². The van der Waals surface area contributed by atoms with Crippen molar-refractivity contribution in [2.24, 2.45) is 10.7 Å². The molecular weight excluding hydrogens is 272 g/mol. The number of fused-ring (bicyclic) bond motifs is 1. The molecule has 4 N–H and O–H groups in total. The van der Waals surface area contributed by atoms with Crippen LogP contribution in [0.5, 0.6) is 11.5 Å². The Morgan fingerprint density at radius 3 is 2.48 bits per heavy atom. The quantitative estimate of drug-likeness (QED) is 0.707. The van der Waals surface area contributed by atoms with E-state index in [9.17, 15) is 4.79 Å². The van der Waals surface area contributed by atoms with Crippen LogP contribution in [0.2, 0.25) is 0 Å². The lowest BCUT2D eigenvalue weighted by molar-refractivity contribution is 0.247. The number of hydrogen-bond acceptors (Lipinski definition) is 5. The molecule has 0 spiro atoms. The van der Waals surface area contributed by atoms with E-state index in [1.54, 1.807) is 14.2 Å². The summed E-state index contributed by atoms with van der Waals surface area (Å²) < 4.78 is 10.6. The number of nitrogens with one attached hydrogen (secondary N) is 2. The molecule has 0 fully saturated rings. The number of amides is 2. The summed E-state index contributed by atoms with van der Waals surface area (Å²) >= 11 is 0. The number of benzene rings is 1. The maximum Gasteiger partial charge on any atom is 0.330 e. The normalized spacial score (nSPS) is 15.5. The first-order chi connectivity index (χ1) is 9.86. The second-order valence-electron chi connectivity index (χ2n) is 5.43. The number of methoxy groups -OCH3 is 2. The molecule has 0 saturated heterocycles. The first kappa shape index (κ1) is 15.0. The number of aliphatic imine (C=N–C) groups is 1. The van der Waals surface area contributed by atoms with E-state index in [1.807, 2.05) is 26.0 Å². The summed E-state index contributed by atoms with van der Waals surface area (Å²) in [6.07, 6.45) is 0.754. The molecular formula is C14H20N4O3. The zero-order chi connectivity index (χ0) is 15.6. The number of nitrogens with zero attached hydrogens (tertiary/aromatic N) is 1. The molecule has 0 bridgehead atoms. The molecule has 1 heterocycles. The number of carbonyl (C=O) groups excluding carboxylic acids is 1. The van der Waals surface area contributed by atoms with Gasteiger partial charge in [0, 0.05) is 5.56 Å². The minimum atomic E-state index is -0.678. The Morgan fingerprint density at radius 1 is 1.29 bits per heavy atom. The third-order valence-electron chi connectivity index (χ3n) is 3.21. The van der Waals surface area contributed by atoms with Crippen LogP contribution < -0.4 is 26.1 Å². The number of primary amides is 1. The van der Waals surface area contributed by atoms with E-state index in [-0.39, 0.29) is 5.54 Å². The van der Waals surface area contributed by atoms with Crippen LogP contribution in [0, 0.1) is 0 Å². The van der Waals surface area contributed by atoms with E-state index in [0.717, 1.165) is 17.5 Å². The minimum absolute atomic E-state index is 0.297. The van der Waals surface area contributed by atoms with Gasteiger partial charge >= 0.3 is 6.03 Å². The number of ether oxygens (including phenoxy) is 2. The summed E-state index contributed by atoms with van der Waals surface area (Å²) in [6.45, 7) is 4.02. The third kappa shape index (κ3) is 3.18. The Kier molecular flexibility index (Phi) is 3.93. The maximum absolute atomic E-state index is 10.9. The first-order valence-corrected chi connectivity index (χ1v) is 6.53. The largest absolute Gasteiger partial charge is 0.493 e. The standard InChI is InChI=1S/C14H20N4O3/c1-14(2)7-8-5-10(20-3)11(21-4)6-9(8)12(16-14)17-18-13(15)19/h5-6H,7H2,1-4H3,(H,16,17)(H3,15,18,19). The molecule has 7 nitrogen and oxygen atoms in total. The number of hydrazine groups is 1. The van der Waals surface area contributed by atoms with Gasteiger partial charge in [-0.1, -0.05) is 0 Å². The molecule has 0 atom stereocenters. The summed E-state index contributed by atoms with van der Waals surface area (Å²) in [4.78, 5) is 15.5. The smallest absolute Gasteiger partial charge is 0.330 e. The van der Waals surface area contributed by atoms with Crippen LogP contribution in [0.25, 0.3) is 0 Å². The number of carbonyl (C=O) groups is 1. The van der Waals surface area contributed by atoms with Crippen molar-refractivity contribution < 1.29 is 14.3 Å². The molecule has 0 radical (unpaired) electrons. The Morgan fingerprint density at radius 2 is 1.90 bits per heavy atom. The molecule has 2 amide bonds. The highest BCUT2D eigenvalue weighted by Crippen LogP contribution is 2.35. The summed E-state index contributed by atoms with van der Waals surface area (Å²) in [6, 6.07) is 3.08. The van der Waals surface area contributed by atoms with Crippen molar-refractivity contribution in [3.63, 3.8) is 0 Å². The van der Waals surface area contributed by atoms with Gasteiger partial charge in [-0.15, -0.1) is 0 Å². The molecule has 2 rings (SSSR count). The van der Waals surface area contributed by atoms with E-state index >= 15 is 0 Å². The number of nitrogens with two attached hydrogens (primary N) is 1. The lowest BCUT2D eigenvalue weighted by Crippen LogP contribution is -2.47. The molecule has 1 aromatic carbocycles. The molecule has 0 unspecified atom stereocenters. The molecule has 21 heavy (non-hydrogen) atoms. The molecule has 0 saturated carbocycles. The Labute approximate surface area is 123 Å². The molecule has 0 aliphatic carbocycles. The number of rotatable bonds is 2. The predicted molar refractivity (Wildman–Crippen MR) is 79.7 cm³/mol. The van der Waals surface area contributed by atoms with Gasteiger partial charge in [0.25, 0.3) is 0 Å². The van der Waals surface area contributed by atoms with E-state index in [0.29, 0.717) is 17.3 Å². The zero-order valence-electron chi connectivity index (χ0n) is 12.6. The van der Waals surface area contributed by atoms with Crippen LogP contribution in [0.15, 0.2) is 17.1 Å². The number of urea groups is 1. The molecule has 1 aromatic rings. The van der Waals surface area contributed by atoms with Crippen molar-refractivity contribution >= 4 is 11.9 Å². The average Bonchev–Trinajstić information content (AvgIpc) is 2.42. The van der Waals surface area contributed by atoms with Gasteiger partial charge in [0.2, 0.25) is 0 Å². The fourth-order valence-corrected chi connectivity index (χ4v) is 2.37. The minimum Gasteiger partial charge on any atom is -0.493 e. The van der Waals surface area contributed by atoms with Gasteiger partial charge in [0.1, 0.15) is 5.84 Å². The molecule has 1 aliphatic rings. The van der Waals surface area contributed by atoms with Crippen molar-refractivity contribution in [3.05, 3.63) is 23.3 Å². The van der Waals surface area contributed by atoms with E-state index in [4.69, 9.17) is 15.2 Å². The fraction of sp³-hybridized carbons (Fsp3) is 0.429. The van der Waals surface area contributed by atoms with Crippen molar-refractivity contribution in [3.8, 4) is 11.5 Å². The summed E-state index contributed by atoms with van der Waals surface area (Å²) in [5.41, 5.74) is 11.8. The van der Waals surface area contributed by atoms with Gasteiger partial charge in [-0.25, -0.2) is 4.79 Å². The van der Waals surface area contributed by atoms with Gasteiger partial charge in [0.15, 0.2) is 11.5 Å². The number of hydrogen-bond donors (Lipinski definition) is 3. The van der Waals surface area contributed by atoms with Crippen molar-refractivity contribution in [2.45, 2.75) is 25.8 Å². The van der Waals surface area contributed by atoms with Gasteiger partial charge in [-0.2, -0.15) is 0 Å². The lowest BCUT2D eigenvalue weighted by Gasteiger charge is -2.30. The summed E-state index contributed by atoms with van der Waals surface area (Å²) in [5.74, 6) is 1.81. The second-order valence-corrected chi connectivity index (χ2v) is 5.43. The first-order valence-electron chi connectivity index (χ1n) is 6.53. The van der Waals surface area contributed by atoms with E-state index < -0.39 is 6.03 Å². The van der Waals surface area contributed by atoms with Crippen LogP contribution in [-0.2, 0) is 6.42 Å². The summed E-state index contributed by atoms with van der Waals surface area (Å²) in [5, 5.41) is 0. The van der Waals surface area contributed by atoms with Crippen LogP contribution >= 0.6 is 0 Å². The van der Waals surface area contributed by atoms with Gasteiger partial charge < -0.3 is 15.2 Å². The summed E-state index contributed by atoms with van der Waals surface area (Å²) in [7, 11) is 3.17. The van der Waals surface area contributed by atoms with Gasteiger partial charge in [-0.3, -0.25) is 15.8 Å². The monoisotopic (exact) mass is 292 g/mol. The van der Waals surface area contributed by atoms with Gasteiger partial charge in [-0.05, 0) is 38.0 Å². The third-order valence-corrected chi connectivity index (χ3v) is 3.21. The van der Waals surface area contributed by atoms with Crippen molar-refractivity contribution in [1.29, 1.82) is 0 Å². The maximum atomic E-state index is 10.9.